The SMILES string of the molecule is NC(=O)NCCCCCC(=O)OCC(=O)Nc1c(F)c(F)c(F)c(F)c1F. The van der Waals surface area contributed by atoms with Gasteiger partial charge in [-0.05, 0) is 12.8 Å². The van der Waals surface area contributed by atoms with Crippen LogP contribution in [0.3, 0.4) is 0 Å². The molecule has 1 rings (SSSR count). The Labute approximate surface area is 150 Å². The maximum atomic E-state index is 13.4. The molecule has 0 radical (unpaired) electrons. The van der Waals surface area contributed by atoms with E-state index in [4.69, 9.17) is 5.73 Å². The standard InChI is InChI=1S/C15H16F5N3O4/c16-9-10(17)12(19)14(13(20)11(9)18)23-7(24)6-27-8(25)4-2-1-3-5-22-15(21)26/h1-6H2,(H,23,24)(H3,21,22,26). The molecule has 0 aliphatic carbocycles. The molecule has 0 saturated carbocycles. The summed E-state index contributed by atoms with van der Waals surface area (Å²) >= 11 is 0. The van der Waals surface area contributed by atoms with Gasteiger partial charge in [-0.2, -0.15) is 0 Å². The first-order valence-corrected chi connectivity index (χ1v) is 7.65. The van der Waals surface area contributed by atoms with Gasteiger partial charge in [-0.3, -0.25) is 9.59 Å². The van der Waals surface area contributed by atoms with Gasteiger partial charge in [0, 0.05) is 13.0 Å². The Balaban J connectivity index is 2.42. The van der Waals surface area contributed by atoms with E-state index in [0.717, 1.165) is 0 Å². The zero-order valence-corrected chi connectivity index (χ0v) is 13.8. The maximum Gasteiger partial charge on any atom is 0.312 e. The fourth-order valence-electron chi connectivity index (χ4n) is 1.89. The van der Waals surface area contributed by atoms with Crippen LogP contribution in [0.5, 0.6) is 0 Å². The van der Waals surface area contributed by atoms with Crippen LogP contribution in [-0.4, -0.2) is 31.1 Å². The molecule has 0 aliphatic rings. The topological polar surface area (TPSA) is 111 Å². The minimum absolute atomic E-state index is 0.0770. The first kappa shape index (κ1) is 22.1. The number of carbonyl (C=O) groups excluding carboxylic acids is 3. The molecular weight excluding hydrogens is 381 g/mol. The third-order valence-electron chi connectivity index (χ3n) is 3.20. The molecule has 3 amide bonds. The van der Waals surface area contributed by atoms with Gasteiger partial charge in [0.1, 0.15) is 5.69 Å². The number of hydrogen-bond acceptors (Lipinski definition) is 4. The number of esters is 1. The van der Waals surface area contributed by atoms with E-state index in [9.17, 15) is 36.3 Å². The van der Waals surface area contributed by atoms with Crippen molar-refractivity contribution in [2.75, 3.05) is 18.5 Å². The summed E-state index contributed by atoms with van der Waals surface area (Å²) in [6.45, 7) is -0.643. The van der Waals surface area contributed by atoms with E-state index in [1.807, 2.05) is 0 Å². The number of rotatable bonds is 9. The van der Waals surface area contributed by atoms with E-state index < -0.39 is 59.3 Å². The van der Waals surface area contributed by atoms with Gasteiger partial charge in [0.25, 0.3) is 5.91 Å². The zero-order chi connectivity index (χ0) is 20.6. The van der Waals surface area contributed by atoms with Gasteiger partial charge < -0.3 is 21.1 Å². The lowest BCUT2D eigenvalue weighted by molar-refractivity contribution is -0.147. The molecule has 1 aromatic carbocycles. The Hall–Kier alpha value is -2.92. The molecule has 4 N–H and O–H groups in total. The van der Waals surface area contributed by atoms with Gasteiger partial charge in [0.15, 0.2) is 29.9 Å². The summed E-state index contributed by atoms with van der Waals surface area (Å²) < 4.78 is 70.3. The van der Waals surface area contributed by atoms with Gasteiger partial charge in [0.2, 0.25) is 5.82 Å². The molecular formula is C15H16F5N3O4. The molecule has 0 unspecified atom stereocenters. The van der Waals surface area contributed by atoms with E-state index in [-0.39, 0.29) is 6.42 Å². The smallest absolute Gasteiger partial charge is 0.312 e. The Morgan fingerprint density at radius 1 is 0.852 bits per heavy atom. The number of carbonyl (C=O) groups is 3. The van der Waals surface area contributed by atoms with Crippen LogP contribution in [0.25, 0.3) is 0 Å². The van der Waals surface area contributed by atoms with Crippen LogP contribution in [0.2, 0.25) is 0 Å². The average molecular weight is 397 g/mol. The number of ether oxygens (including phenoxy) is 1. The third kappa shape index (κ3) is 6.72. The van der Waals surface area contributed by atoms with Crippen LogP contribution in [-0.2, 0) is 14.3 Å². The highest BCUT2D eigenvalue weighted by atomic mass is 19.2. The highest BCUT2D eigenvalue weighted by molar-refractivity contribution is 5.93. The molecule has 0 aromatic heterocycles. The fraction of sp³-hybridized carbons (Fsp3) is 0.400. The van der Waals surface area contributed by atoms with Crippen molar-refractivity contribution in [3.05, 3.63) is 29.1 Å². The molecule has 7 nitrogen and oxygen atoms in total. The first-order valence-electron chi connectivity index (χ1n) is 7.65. The number of benzene rings is 1. The quantitative estimate of drug-likeness (QED) is 0.195. The number of halogens is 5. The van der Waals surface area contributed by atoms with Gasteiger partial charge in [-0.25, -0.2) is 26.7 Å². The number of urea groups is 1. The summed E-state index contributed by atoms with van der Waals surface area (Å²) in [6, 6.07) is -0.672. The molecule has 150 valence electrons. The third-order valence-corrected chi connectivity index (χ3v) is 3.20. The predicted molar refractivity (Wildman–Crippen MR) is 81.9 cm³/mol. The summed E-state index contributed by atoms with van der Waals surface area (Å²) in [5.74, 6) is -13.3. The average Bonchev–Trinajstić information content (AvgIpc) is 2.62. The van der Waals surface area contributed by atoms with Crippen molar-refractivity contribution in [1.82, 2.24) is 5.32 Å². The lowest BCUT2D eigenvalue weighted by Gasteiger charge is -2.10. The second-order valence-corrected chi connectivity index (χ2v) is 5.26. The highest BCUT2D eigenvalue weighted by Crippen LogP contribution is 2.26. The van der Waals surface area contributed by atoms with Crippen molar-refractivity contribution < 1.29 is 41.1 Å². The molecule has 0 spiro atoms. The van der Waals surface area contributed by atoms with Gasteiger partial charge >= 0.3 is 12.0 Å². The Bertz CT molecular complexity index is 701. The second-order valence-electron chi connectivity index (χ2n) is 5.26. The normalized spacial score (nSPS) is 10.4. The van der Waals surface area contributed by atoms with E-state index in [0.29, 0.717) is 25.8 Å². The highest BCUT2D eigenvalue weighted by Gasteiger charge is 2.27. The molecule has 0 heterocycles. The first-order chi connectivity index (χ1) is 12.6. The molecule has 27 heavy (non-hydrogen) atoms. The van der Waals surface area contributed by atoms with Crippen LogP contribution in [0.15, 0.2) is 0 Å². The van der Waals surface area contributed by atoms with Crippen LogP contribution in [0.4, 0.5) is 32.4 Å². The van der Waals surface area contributed by atoms with Crippen LogP contribution < -0.4 is 16.4 Å². The lowest BCUT2D eigenvalue weighted by atomic mass is 10.2. The van der Waals surface area contributed by atoms with Gasteiger partial charge in [0.05, 0.1) is 0 Å². The summed E-state index contributed by atoms with van der Waals surface area (Å²) in [6.07, 6.45) is 1.40. The summed E-state index contributed by atoms with van der Waals surface area (Å²) in [7, 11) is 0. The van der Waals surface area contributed by atoms with E-state index in [1.54, 1.807) is 0 Å². The summed E-state index contributed by atoms with van der Waals surface area (Å²) in [5.41, 5.74) is 3.32. The van der Waals surface area contributed by atoms with Crippen LogP contribution in [0.1, 0.15) is 25.7 Å². The number of anilines is 1. The van der Waals surface area contributed by atoms with Crippen molar-refractivity contribution in [1.29, 1.82) is 0 Å². The predicted octanol–water partition coefficient (Wildman–Crippen LogP) is 2.09. The molecule has 12 heteroatoms. The number of amides is 3. The largest absolute Gasteiger partial charge is 0.456 e. The second kappa shape index (κ2) is 10.3. The van der Waals surface area contributed by atoms with Crippen molar-refractivity contribution in [3.63, 3.8) is 0 Å². The van der Waals surface area contributed by atoms with Crippen LogP contribution in [0, 0.1) is 29.1 Å². The lowest BCUT2D eigenvalue weighted by Crippen LogP contribution is -2.29. The molecule has 0 saturated heterocycles. The molecule has 1 aromatic rings. The molecule has 0 fully saturated rings. The maximum absolute atomic E-state index is 13.4. The monoisotopic (exact) mass is 397 g/mol. The molecule has 0 bridgehead atoms. The zero-order valence-electron chi connectivity index (χ0n) is 13.8. The number of nitrogens with two attached hydrogens (primary N) is 1. The number of nitrogens with one attached hydrogen (secondary N) is 2. The molecule has 0 atom stereocenters. The van der Waals surface area contributed by atoms with Crippen molar-refractivity contribution in [3.8, 4) is 0 Å². The van der Waals surface area contributed by atoms with Gasteiger partial charge in [-0.15, -0.1) is 0 Å². The van der Waals surface area contributed by atoms with E-state index >= 15 is 0 Å². The molecule has 0 aliphatic heterocycles. The summed E-state index contributed by atoms with van der Waals surface area (Å²) in [4.78, 5) is 33.3. The Morgan fingerprint density at radius 2 is 1.41 bits per heavy atom. The minimum atomic E-state index is -2.36. The van der Waals surface area contributed by atoms with E-state index in [1.165, 1.54) is 5.32 Å². The number of primary amides is 1. The van der Waals surface area contributed by atoms with Crippen molar-refractivity contribution in [2.45, 2.75) is 25.7 Å². The summed E-state index contributed by atoms with van der Waals surface area (Å²) in [5, 5.41) is 3.82. The Kier molecular flexibility index (Phi) is 8.42. The minimum Gasteiger partial charge on any atom is -0.456 e. The fourth-order valence-corrected chi connectivity index (χ4v) is 1.89. The Morgan fingerprint density at radius 3 is 1.96 bits per heavy atom. The van der Waals surface area contributed by atoms with Crippen molar-refractivity contribution >= 4 is 23.6 Å². The number of hydrogen-bond donors (Lipinski definition) is 3. The number of unbranched alkanes of at least 4 members (excludes halogenated alkanes) is 2. The van der Waals surface area contributed by atoms with Gasteiger partial charge in [-0.1, -0.05) is 6.42 Å². The van der Waals surface area contributed by atoms with Crippen LogP contribution >= 0.6 is 0 Å². The van der Waals surface area contributed by atoms with Crippen molar-refractivity contribution in [2.24, 2.45) is 5.73 Å². The van der Waals surface area contributed by atoms with E-state index in [2.05, 4.69) is 10.1 Å².